The van der Waals surface area contributed by atoms with Gasteiger partial charge in [-0.05, 0) is 18.6 Å². The molecule has 0 saturated carbocycles. The van der Waals surface area contributed by atoms with Crippen molar-refractivity contribution >= 4 is 25.9 Å². The van der Waals surface area contributed by atoms with Crippen molar-refractivity contribution in [3.8, 4) is 0 Å². The molecule has 7 nitrogen and oxygen atoms in total. The first-order valence-electron chi connectivity index (χ1n) is 6.93. The summed E-state index contributed by atoms with van der Waals surface area (Å²) < 4.78 is 52.8. The summed E-state index contributed by atoms with van der Waals surface area (Å²) in [6.07, 6.45) is 1.82. The van der Waals surface area contributed by atoms with Gasteiger partial charge in [-0.3, -0.25) is 0 Å². The van der Waals surface area contributed by atoms with Crippen LogP contribution in [0.25, 0.3) is 0 Å². The Morgan fingerprint density at radius 2 is 1.82 bits per heavy atom. The third-order valence-corrected chi connectivity index (χ3v) is 6.46. The van der Waals surface area contributed by atoms with Crippen LogP contribution < -0.4 is 0 Å². The van der Waals surface area contributed by atoms with E-state index in [0.29, 0.717) is 44.0 Å². The average molecular weight is 343 g/mol. The van der Waals surface area contributed by atoms with Crippen LogP contribution in [0.15, 0.2) is 33.6 Å². The first-order chi connectivity index (χ1) is 10.3. The number of amidine groups is 1. The van der Waals surface area contributed by atoms with Gasteiger partial charge in [0.15, 0.2) is 5.84 Å². The summed E-state index contributed by atoms with van der Waals surface area (Å²) >= 11 is 0. The van der Waals surface area contributed by atoms with Crippen molar-refractivity contribution in [2.24, 2.45) is 4.40 Å². The summed E-state index contributed by atoms with van der Waals surface area (Å²) in [6, 6.07) is 6.72. The zero-order chi connectivity index (χ0) is 16.0. The van der Waals surface area contributed by atoms with Crippen molar-refractivity contribution in [2.75, 3.05) is 32.4 Å². The molecule has 0 radical (unpaired) electrons. The fourth-order valence-electron chi connectivity index (χ4n) is 2.75. The van der Waals surface area contributed by atoms with E-state index >= 15 is 0 Å². The predicted molar refractivity (Wildman–Crippen MR) is 82.8 cm³/mol. The van der Waals surface area contributed by atoms with Crippen molar-refractivity contribution < 1.29 is 16.8 Å². The minimum atomic E-state index is -3.64. The molecule has 120 valence electrons. The molecular formula is C13H17N3O4S2. The highest BCUT2D eigenvalue weighted by molar-refractivity contribution is 7.90. The molecule has 2 heterocycles. The number of hydrogen-bond acceptors (Lipinski definition) is 5. The van der Waals surface area contributed by atoms with Crippen LogP contribution in [0.1, 0.15) is 12.0 Å². The molecule has 0 N–H and O–H groups in total. The fourth-order valence-corrected chi connectivity index (χ4v) is 4.86. The summed E-state index contributed by atoms with van der Waals surface area (Å²) in [5.74, 6) is 0.422. The Bertz CT molecular complexity index is 831. The van der Waals surface area contributed by atoms with Gasteiger partial charge in [0.1, 0.15) is 4.90 Å². The topological polar surface area (TPSA) is 87.1 Å². The van der Waals surface area contributed by atoms with E-state index < -0.39 is 20.0 Å². The van der Waals surface area contributed by atoms with Gasteiger partial charge >= 0.3 is 0 Å². The highest BCUT2D eigenvalue weighted by Crippen LogP contribution is 2.27. The summed E-state index contributed by atoms with van der Waals surface area (Å²) in [5, 5.41) is 0. The normalized spacial score (nSPS) is 22.0. The third kappa shape index (κ3) is 2.75. The second kappa shape index (κ2) is 5.32. The lowest BCUT2D eigenvalue weighted by molar-refractivity contribution is 0.411. The minimum Gasteiger partial charge on any atom is -0.354 e. The van der Waals surface area contributed by atoms with E-state index in [0.717, 1.165) is 0 Å². The van der Waals surface area contributed by atoms with Crippen LogP contribution in [0, 0.1) is 0 Å². The van der Waals surface area contributed by atoms with Crippen molar-refractivity contribution in [1.29, 1.82) is 0 Å². The van der Waals surface area contributed by atoms with Gasteiger partial charge in [0.2, 0.25) is 10.0 Å². The first-order valence-corrected chi connectivity index (χ1v) is 10.2. The number of fused-ring (bicyclic) bond motifs is 1. The van der Waals surface area contributed by atoms with Crippen LogP contribution in [0.3, 0.4) is 0 Å². The van der Waals surface area contributed by atoms with E-state index in [1.807, 2.05) is 4.90 Å². The number of nitrogens with zero attached hydrogens (tertiary/aromatic N) is 3. The van der Waals surface area contributed by atoms with Crippen molar-refractivity contribution in [3.63, 3.8) is 0 Å². The van der Waals surface area contributed by atoms with Crippen molar-refractivity contribution in [2.45, 2.75) is 11.3 Å². The molecule has 1 fully saturated rings. The monoisotopic (exact) mass is 343 g/mol. The predicted octanol–water partition coefficient (Wildman–Crippen LogP) is 0.103. The molecule has 2 aliphatic heterocycles. The van der Waals surface area contributed by atoms with Crippen LogP contribution in [0.4, 0.5) is 0 Å². The van der Waals surface area contributed by atoms with Crippen LogP contribution in [0.2, 0.25) is 0 Å². The molecule has 0 unspecified atom stereocenters. The standard InChI is InChI=1S/C13H17N3O4S2/c1-21(17,18)16-8-4-7-15(9-10-16)13-11-5-2-3-6-12(11)22(19,20)14-13/h2-3,5-6H,4,7-10H2,1H3. The first kappa shape index (κ1) is 15.4. The zero-order valence-electron chi connectivity index (χ0n) is 12.1. The second-order valence-corrected chi connectivity index (χ2v) is 8.94. The van der Waals surface area contributed by atoms with Crippen LogP contribution in [-0.2, 0) is 20.0 Å². The maximum absolute atomic E-state index is 12.1. The Morgan fingerprint density at radius 3 is 2.55 bits per heavy atom. The average Bonchev–Trinajstić information content (AvgIpc) is 2.63. The van der Waals surface area contributed by atoms with Gasteiger partial charge in [0.05, 0.1) is 6.26 Å². The number of hydrogen-bond donors (Lipinski definition) is 0. The molecular weight excluding hydrogens is 326 g/mol. The van der Waals surface area contributed by atoms with Gasteiger partial charge in [0.25, 0.3) is 10.0 Å². The molecule has 1 aromatic rings. The zero-order valence-corrected chi connectivity index (χ0v) is 13.8. The van der Waals surface area contributed by atoms with E-state index in [1.54, 1.807) is 24.3 Å². The molecule has 0 bridgehead atoms. The minimum absolute atomic E-state index is 0.217. The molecule has 9 heteroatoms. The number of sulfonamides is 2. The third-order valence-electron chi connectivity index (χ3n) is 3.84. The summed E-state index contributed by atoms with van der Waals surface area (Å²) in [4.78, 5) is 2.07. The lowest BCUT2D eigenvalue weighted by Crippen LogP contribution is -2.36. The van der Waals surface area contributed by atoms with Crippen molar-refractivity contribution in [1.82, 2.24) is 9.21 Å². The molecule has 0 amide bonds. The Labute approximate surface area is 130 Å². The smallest absolute Gasteiger partial charge is 0.285 e. The van der Waals surface area contributed by atoms with E-state index in [9.17, 15) is 16.8 Å². The quantitative estimate of drug-likeness (QED) is 0.722. The molecule has 1 saturated heterocycles. The Kier molecular flexibility index (Phi) is 3.74. The molecule has 3 rings (SSSR count). The molecule has 0 aliphatic carbocycles. The van der Waals surface area contributed by atoms with Gasteiger partial charge in [-0.15, -0.1) is 4.40 Å². The van der Waals surface area contributed by atoms with Gasteiger partial charge in [-0.2, -0.15) is 8.42 Å². The Balaban J connectivity index is 1.90. The molecule has 22 heavy (non-hydrogen) atoms. The summed E-state index contributed by atoms with van der Waals surface area (Å²) in [5.41, 5.74) is 0.593. The molecule has 2 aliphatic rings. The number of benzene rings is 1. The maximum Gasteiger partial charge on any atom is 0.285 e. The Hall–Kier alpha value is -1.45. The maximum atomic E-state index is 12.1. The van der Waals surface area contributed by atoms with Crippen LogP contribution in [-0.4, -0.2) is 64.3 Å². The highest BCUT2D eigenvalue weighted by atomic mass is 32.2. The van der Waals surface area contributed by atoms with E-state index in [4.69, 9.17) is 0 Å². The SMILES string of the molecule is CS(=O)(=O)N1CCCN(C2=NS(=O)(=O)c3ccccc32)CC1. The molecule has 0 aromatic heterocycles. The fraction of sp³-hybridized carbons (Fsp3) is 0.462. The summed E-state index contributed by atoms with van der Waals surface area (Å²) in [7, 11) is -6.87. The van der Waals surface area contributed by atoms with E-state index in [1.165, 1.54) is 10.6 Å². The Morgan fingerprint density at radius 1 is 1.09 bits per heavy atom. The molecule has 0 spiro atoms. The van der Waals surface area contributed by atoms with Crippen LogP contribution in [0.5, 0.6) is 0 Å². The second-order valence-electron chi connectivity index (χ2n) is 5.39. The largest absolute Gasteiger partial charge is 0.354 e. The molecule has 0 atom stereocenters. The number of rotatable bonds is 1. The van der Waals surface area contributed by atoms with Crippen molar-refractivity contribution in [3.05, 3.63) is 29.8 Å². The van der Waals surface area contributed by atoms with Gasteiger partial charge in [-0.1, -0.05) is 12.1 Å². The van der Waals surface area contributed by atoms with Gasteiger partial charge in [0, 0.05) is 31.7 Å². The lowest BCUT2D eigenvalue weighted by atomic mass is 10.2. The molecule has 1 aromatic carbocycles. The highest BCUT2D eigenvalue weighted by Gasteiger charge is 2.32. The summed E-state index contributed by atoms with van der Waals surface area (Å²) in [6.45, 7) is 1.78. The van der Waals surface area contributed by atoms with Gasteiger partial charge in [-0.25, -0.2) is 12.7 Å². The van der Waals surface area contributed by atoms with Crippen LogP contribution >= 0.6 is 0 Å². The lowest BCUT2D eigenvalue weighted by Gasteiger charge is -2.22. The van der Waals surface area contributed by atoms with E-state index in [2.05, 4.69) is 4.40 Å². The van der Waals surface area contributed by atoms with E-state index in [-0.39, 0.29) is 4.90 Å². The van der Waals surface area contributed by atoms with Gasteiger partial charge < -0.3 is 4.90 Å².